The van der Waals surface area contributed by atoms with Gasteiger partial charge < -0.3 is 4.74 Å². The summed E-state index contributed by atoms with van der Waals surface area (Å²) in [6.07, 6.45) is -26.7. The van der Waals surface area contributed by atoms with Crippen molar-refractivity contribution in [3.63, 3.8) is 0 Å². The summed E-state index contributed by atoms with van der Waals surface area (Å²) in [5.41, 5.74) is -12.3. The summed E-state index contributed by atoms with van der Waals surface area (Å²) < 4.78 is 595. The van der Waals surface area contributed by atoms with Gasteiger partial charge in [-0.1, -0.05) is 6.58 Å². The molecule has 2 nitrogen and oxygen atoms in total. The van der Waals surface area contributed by atoms with Crippen LogP contribution in [-0.4, -0.2) is 131 Å². The Hall–Kier alpha value is -3.80. The van der Waals surface area contributed by atoms with Gasteiger partial charge in [0.25, 0.3) is 0 Å². The highest BCUT2D eigenvalue weighted by atomic mass is 19.5. The molecule has 0 aromatic rings. The maximum atomic E-state index is 15.4. The van der Waals surface area contributed by atoms with E-state index in [2.05, 4.69) is 0 Å². The Kier molecular flexibility index (Phi) is 15.2. The van der Waals surface area contributed by atoms with Crippen LogP contribution in [0.5, 0.6) is 0 Å². The molecule has 0 fully saturated rings. The lowest BCUT2D eigenvalue weighted by Gasteiger charge is -2.49. The molecule has 0 aromatic heterocycles. The molecule has 0 spiro atoms. The fraction of sp³-hybridized carbons (Fsp3) is 0.880. The highest BCUT2D eigenvalue weighted by Gasteiger charge is 3.04. The zero-order valence-electron chi connectivity index (χ0n) is 30.3. The van der Waals surface area contributed by atoms with Gasteiger partial charge in [-0.3, -0.25) is 0 Å². The number of hydrogen-bond acceptors (Lipinski definition) is 2. The first-order chi connectivity index (χ1) is 29.3. The van der Waals surface area contributed by atoms with Crippen molar-refractivity contribution in [1.82, 2.24) is 0 Å². The van der Waals surface area contributed by atoms with Gasteiger partial charge in [-0.15, -0.1) is 0 Å². The first kappa shape index (κ1) is 66.2. The minimum atomic E-state index is -10.7. The van der Waals surface area contributed by atoms with Gasteiger partial charge in [0.2, 0.25) is 0 Å². The Morgan fingerprint density at radius 1 is 0.257 bits per heavy atom. The molecule has 45 heteroatoms. The van der Waals surface area contributed by atoms with E-state index in [9.17, 15) is 189 Å². The topological polar surface area (TPSA) is 26.3 Å². The monoisotopic (exact) mass is 1150 g/mol. The molecule has 0 amide bonds. The lowest BCUT2D eigenvalue weighted by atomic mass is 9.80. The van der Waals surface area contributed by atoms with Crippen molar-refractivity contribution in [2.75, 3.05) is 0 Å². The van der Waals surface area contributed by atoms with Gasteiger partial charge in [0, 0.05) is 5.57 Å². The maximum absolute atomic E-state index is 15.4. The fourth-order valence-corrected chi connectivity index (χ4v) is 4.22. The van der Waals surface area contributed by atoms with Crippen LogP contribution in [-0.2, 0) is 9.53 Å². The summed E-state index contributed by atoms with van der Waals surface area (Å²) in [6, 6.07) is 0. The van der Waals surface area contributed by atoms with E-state index in [1.807, 2.05) is 0 Å². The second-order valence-corrected chi connectivity index (χ2v) is 13.1. The number of ether oxygens (including phenoxy) is 1. The summed E-state index contributed by atoms with van der Waals surface area (Å²) >= 11 is 0. The largest absolute Gasteiger partial charge is 0.460 e. The van der Waals surface area contributed by atoms with E-state index in [1.165, 1.54) is 0 Å². The molecular formula is C25H5F43O2. The number of rotatable bonds is 19. The van der Waals surface area contributed by atoms with Gasteiger partial charge in [0.15, 0.2) is 0 Å². The molecule has 70 heavy (non-hydrogen) atoms. The van der Waals surface area contributed by atoms with E-state index in [0.717, 1.165) is 0 Å². The number of carbonyl (C=O) groups excluding carboxylic acids is 1. The summed E-state index contributed by atoms with van der Waals surface area (Å²) in [5, 5.41) is 0. The molecule has 0 N–H and O–H groups in total. The van der Waals surface area contributed by atoms with Gasteiger partial charge in [0.05, 0.1) is 0 Å². The van der Waals surface area contributed by atoms with Gasteiger partial charge in [-0.2, -0.15) is 184 Å². The standard InChI is InChI=1S/C25H5F43O2/c1-3(2)4(69)70-22(59,19(53,54)16(47,48)13(41,42)8(31,32)7(29,30)6(27,28)5(26,23(60,61)62)24(63,64)65)20(55,56)17(49,50)14(43,44)11(37,38)9(33,34)10(35,36)12(39,40)15(45,46)18(51,52)21(57,58)25(66,67)68/h1H2,2H3. The fourth-order valence-electron chi connectivity index (χ4n) is 4.22. The Balaban J connectivity index is 8.72. The normalized spacial score (nSPS) is 17.7. The Morgan fingerprint density at radius 2 is 0.414 bits per heavy atom. The lowest BCUT2D eigenvalue weighted by Crippen LogP contribution is -2.82. The van der Waals surface area contributed by atoms with Crippen molar-refractivity contribution in [3.8, 4) is 0 Å². The van der Waals surface area contributed by atoms with E-state index < -0.39 is 143 Å². The van der Waals surface area contributed by atoms with Gasteiger partial charge in [0.1, 0.15) is 0 Å². The van der Waals surface area contributed by atoms with Crippen LogP contribution >= 0.6 is 0 Å². The molecule has 0 saturated carbocycles. The molecule has 0 rings (SSSR count). The third kappa shape index (κ3) is 7.48. The molecule has 0 aliphatic rings. The number of alkyl halides is 43. The van der Waals surface area contributed by atoms with Gasteiger partial charge in [-0.25, -0.2) is 9.18 Å². The number of carbonyl (C=O) groups is 1. The third-order valence-corrected chi connectivity index (χ3v) is 8.48. The number of hydrogen-bond donors (Lipinski definition) is 0. The molecule has 0 aliphatic carbocycles. The second-order valence-electron chi connectivity index (χ2n) is 13.1. The number of halogens is 43. The minimum absolute atomic E-state index is 0.638. The van der Waals surface area contributed by atoms with E-state index in [1.54, 1.807) is 11.3 Å². The highest BCUT2D eigenvalue weighted by Crippen LogP contribution is 2.72. The summed E-state index contributed by atoms with van der Waals surface area (Å²) in [4.78, 5) is 11.5. The molecule has 0 saturated heterocycles. The molecule has 0 aromatic carbocycles. The van der Waals surface area contributed by atoms with Crippen molar-refractivity contribution >= 4 is 5.97 Å². The quantitative estimate of drug-likeness (QED) is 0.0732. The van der Waals surface area contributed by atoms with Crippen LogP contribution < -0.4 is 0 Å². The van der Waals surface area contributed by atoms with Crippen molar-refractivity contribution in [2.24, 2.45) is 0 Å². The predicted octanol–water partition coefficient (Wildman–Crippen LogP) is 14.3. The second kappa shape index (κ2) is 16.1. The molecule has 1 unspecified atom stereocenters. The maximum Gasteiger partial charge on any atom is 0.460 e. The molecule has 0 bridgehead atoms. The molecule has 1 atom stereocenters. The zero-order chi connectivity index (χ0) is 58.4. The van der Waals surface area contributed by atoms with Gasteiger partial charge >= 0.3 is 131 Å². The summed E-state index contributed by atoms with van der Waals surface area (Å²) in [7, 11) is 0. The van der Waals surface area contributed by atoms with E-state index in [4.69, 9.17) is 0 Å². The molecular weight excluding hydrogens is 1150 g/mol. The van der Waals surface area contributed by atoms with Crippen LogP contribution in [0.3, 0.4) is 0 Å². The highest BCUT2D eigenvalue weighted by molar-refractivity contribution is 5.87. The lowest BCUT2D eigenvalue weighted by molar-refractivity contribution is -0.504. The Bertz CT molecular complexity index is 1940. The van der Waals surface area contributed by atoms with Crippen LogP contribution in [0.4, 0.5) is 189 Å². The van der Waals surface area contributed by atoms with E-state index >= 15 is 4.39 Å². The Labute approximate surface area is 349 Å². The van der Waals surface area contributed by atoms with E-state index in [0.29, 0.717) is 0 Å². The van der Waals surface area contributed by atoms with Crippen molar-refractivity contribution in [2.45, 2.75) is 132 Å². The van der Waals surface area contributed by atoms with Crippen LogP contribution in [0.25, 0.3) is 0 Å². The molecule has 418 valence electrons. The first-order valence-electron chi connectivity index (χ1n) is 14.8. The van der Waals surface area contributed by atoms with Crippen LogP contribution in [0.1, 0.15) is 6.92 Å². The Morgan fingerprint density at radius 3 is 0.571 bits per heavy atom. The summed E-state index contributed by atoms with van der Waals surface area (Å²) in [6.45, 7) is 1.11. The number of esters is 1. The van der Waals surface area contributed by atoms with Crippen molar-refractivity contribution in [3.05, 3.63) is 12.2 Å². The van der Waals surface area contributed by atoms with Crippen LogP contribution in [0.2, 0.25) is 0 Å². The summed E-state index contributed by atoms with van der Waals surface area (Å²) in [5.74, 6) is -179. The van der Waals surface area contributed by atoms with E-state index in [-0.39, 0.29) is 0 Å². The third-order valence-electron chi connectivity index (χ3n) is 8.48. The van der Waals surface area contributed by atoms with Crippen molar-refractivity contribution in [1.29, 1.82) is 0 Å². The smallest absolute Gasteiger partial charge is 0.413 e. The molecule has 0 radical (unpaired) electrons. The zero-order valence-corrected chi connectivity index (χ0v) is 30.3. The molecule has 0 aliphatic heterocycles. The average Bonchev–Trinajstić information content (AvgIpc) is 3.11. The average molecular weight is 1150 g/mol. The predicted molar refractivity (Wildman–Crippen MR) is 126 cm³/mol. The van der Waals surface area contributed by atoms with Crippen molar-refractivity contribution < 1.29 is 198 Å². The minimum Gasteiger partial charge on any atom is -0.413 e. The van der Waals surface area contributed by atoms with Gasteiger partial charge in [-0.05, 0) is 6.92 Å². The first-order valence-corrected chi connectivity index (χ1v) is 14.8. The SMILES string of the molecule is C=C(C)C(=O)OC(F)(C(F)(F)C(F)(F)C(F)(F)C(F)(F)C(F)(F)C(F)(F)C(F)(F)C(F)(F)C(F)(F)C(F)(F)C(F)(F)F)C(F)(F)C(F)(F)C(F)(F)C(F)(F)C(F)(F)C(F)(F)C(F)(C(F)(F)F)C(F)(F)F. The van der Waals surface area contributed by atoms with Crippen LogP contribution in [0.15, 0.2) is 12.2 Å². The molecule has 0 heterocycles. The van der Waals surface area contributed by atoms with Crippen LogP contribution in [0, 0.1) is 0 Å².